The Labute approximate surface area is 120 Å². The molecule has 0 aliphatic heterocycles. The SMILES string of the molecule is CCCNC1CCC(C)c2c(F)cc(OC)c(OC)c21. The second kappa shape index (κ2) is 6.44. The smallest absolute Gasteiger partial charge is 0.165 e. The van der Waals surface area contributed by atoms with Crippen molar-refractivity contribution in [3.63, 3.8) is 0 Å². The fourth-order valence-electron chi connectivity index (χ4n) is 3.08. The van der Waals surface area contributed by atoms with Crippen LogP contribution in [0.3, 0.4) is 0 Å². The summed E-state index contributed by atoms with van der Waals surface area (Å²) in [6.07, 6.45) is 3.04. The molecular formula is C16H24FNO2. The Morgan fingerprint density at radius 2 is 2.00 bits per heavy atom. The lowest BCUT2D eigenvalue weighted by Crippen LogP contribution is -2.28. The monoisotopic (exact) mass is 281 g/mol. The molecule has 1 N–H and O–H groups in total. The number of hydrogen-bond acceptors (Lipinski definition) is 3. The van der Waals surface area contributed by atoms with Gasteiger partial charge in [0, 0.05) is 17.7 Å². The summed E-state index contributed by atoms with van der Waals surface area (Å²) in [4.78, 5) is 0. The van der Waals surface area contributed by atoms with E-state index in [1.54, 1.807) is 14.2 Å². The summed E-state index contributed by atoms with van der Waals surface area (Å²) < 4.78 is 25.2. The first-order valence-corrected chi connectivity index (χ1v) is 7.31. The van der Waals surface area contributed by atoms with Crippen LogP contribution in [-0.2, 0) is 0 Å². The summed E-state index contributed by atoms with van der Waals surface area (Å²) in [5.74, 6) is 1.17. The summed E-state index contributed by atoms with van der Waals surface area (Å²) in [5.41, 5.74) is 1.72. The van der Waals surface area contributed by atoms with E-state index >= 15 is 0 Å². The summed E-state index contributed by atoms with van der Waals surface area (Å²) in [5, 5.41) is 3.50. The van der Waals surface area contributed by atoms with E-state index in [2.05, 4.69) is 19.2 Å². The van der Waals surface area contributed by atoms with Gasteiger partial charge in [-0.2, -0.15) is 0 Å². The van der Waals surface area contributed by atoms with Gasteiger partial charge in [0.05, 0.1) is 14.2 Å². The number of ether oxygens (including phenoxy) is 2. The fraction of sp³-hybridized carbons (Fsp3) is 0.625. The number of nitrogens with one attached hydrogen (secondary N) is 1. The molecule has 0 fully saturated rings. The van der Waals surface area contributed by atoms with Gasteiger partial charge >= 0.3 is 0 Å². The van der Waals surface area contributed by atoms with E-state index in [-0.39, 0.29) is 17.8 Å². The maximum atomic E-state index is 14.4. The van der Waals surface area contributed by atoms with Crippen LogP contribution in [0.4, 0.5) is 4.39 Å². The normalized spacial score (nSPS) is 21.4. The molecule has 0 radical (unpaired) electrons. The number of fused-ring (bicyclic) bond motifs is 1. The van der Waals surface area contributed by atoms with Crippen LogP contribution in [0.1, 0.15) is 56.2 Å². The third-order valence-electron chi connectivity index (χ3n) is 4.07. The van der Waals surface area contributed by atoms with Crippen molar-refractivity contribution in [2.24, 2.45) is 0 Å². The molecular weight excluding hydrogens is 257 g/mol. The quantitative estimate of drug-likeness (QED) is 0.891. The molecule has 2 unspecified atom stereocenters. The molecule has 2 rings (SSSR count). The van der Waals surface area contributed by atoms with E-state index in [9.17, 15) is 4.39 Å². The molecule has 3 nitrogen and oxygen atoms in total. The highest BCUT2D eigenvalue weighted by molar-refractivity contribution is 5.55. The molecule has 0 heterocycles. The van der Waals surface area contributed by atoms with Crippen LogP contribution in [0.5, 0.6) is 11.5 Å². The predicted molar refractivity (Wildman–Crippen MR) is 78.2 cm³/mol. The van der Waals surface area contributed by atoms with E-state index in [0.29, 0.717) is 11.5 Å². The molecule has 2 atom stereocenters. The van der Waals surface area contributed by atoms with Crippen molar-refractivity contribution in [3.05, 3.63) is 23.0 Å². The van der Waals surface area contributed by atoms with Crippen LogP contribution in [0.25, 0.3) is 0 Å². The lowest BCUT2D eigenvalue weighted by Gasteiger charge is -2.32. The van der Waals surface area contributed by atoms with Crippen molar-refractivity contribution in [2.45, 2.75) is 45.1 Å². The molecule has 0 bridgehead atoms. The number of rotatable bonds is 5. The van der Waals surface area contributed by atoms with Gasteiger partial charge in [0.25, 0.3) is 0 Å². The van der Waals surface area contributed by atoms with Crippen molar-refractivity contribution in [1.82, 2.24) is 5.32 Å². The topological polar surface area (TPSA) is 30.5 Å². The van der Waals surface area contributed by atoms with Gasteiger partial charge < -0.3 is 14.8 Å². The first-order chi connectivity index (χ1) is 9.63. The molecule has 1 aromatic rings. The highest BCUT2D eigenvalue weighted by atomic mass is 19.1. The van der Waals surface area contributed by atoms with Gasteiger partial charge in [-0.05, 0) is 37.3 Å². The highest BCUT2D eigenvalue weighted by Crippen LogP contribution is 2.47. The van der Waals surface area contributed by atoms with Crippen molar-refractivity contribution in [1.29, 1.82) is 0 Å². The molecule has 0 amide bonds. The molecule has 4 heteroatoms. The average molecular weight is 281 g/mol. The van der Waals surface area contributed by atoms with Crippen molar-refractivity contribution >= 4 is 0 Å². The second-order valence-electron chi connectivity index (χ2n) is 5.41. The molecule has 1 aliphatic rings. The van der Waals surface area contributed by atoms with E-state index < -0.39 is 0 Å². The van der Waals surface area contributed by atoms with Crippen LogP contribution < -0.4 is 14.8 Å². The third kappa shape index (κ3) is 2.62. The Hall–Kier alpha value is -1.29. The van der Waals surface area contributed by atoms with Gasteiger partial charge in [-0.1, -0.05) is 13.8 Å². The van der Waals surface area contributed by atoms with Crippen molar-refractivity contribution in [2.75, 3.05) is 20.8 Å². The van der Waals surface area contributed by atoms with Crippen molar-refractivity contribution in [3.8, 4) is 11.5 Å². The molecule has 0 aromatic heterocycles. The van der Waals surface area contributed by atoms with Gasteiger partial charge in [-0.25, -0.2) is 4.39 Å². The Bertz CT molecular complexity index is 476. The molecule has 112 valence electrons. The molecule has 0 saturated carbocycles. The van der Waals surface area contributed by atoms with Crippen LogP contribution in [-0.4, -0.2) is 20.8 Å². The zero-order valence-electron chi connectivity index (χ0n) is 12.8. The summed E-state index contributed by atoms with van der Waals surface area (Å²) in [6, 6.07) is 1.58. The van der Waals surface area contributed by atoms with E-state index in [1.165, 1.54) is 6.07 Å². The molecule has 0 saturated heterocycles. The summed E-state index contributed by atoms with van der Waals surface area (Å²) >= 11 is 0. The lowest BCUT2D eigenvalue weighted by atomic mass is 9.80. The number of methoxy groups -OCH3 is 2. The van der Waals surface area contributed by atoms with Gasteiger partial charge in [0.15, 0.2) is 11.5 Å². The van der Waals surface area contributed by atoms with Gasteiger partial charge in [0.2, 0.25) is 0 Å². The molecule has 1 aliphatic carbocycles. The van der Waals surface area contributed by atoms with Gasteiger partial charge in [-0.3, -0.25) is 0 Å². The zero-order valence-corrected chi connectivity index (χ0v) is 12.8. The second-order valence-corrected chi connectivity index (χ2v) is 5.41. The number of halogens is 1. The first-order valence-electron chi connectivity index (χ1n) is 7.31. The summed E-state index contributed by atoms with van der Waals surface area (Å²) in [7, 11) is 3.16. The Balaban J connectivity index is 2.55. The lowest BCUT2D eigenvalue weighted by molar-refractivity contribution is 0.330. The van der Waals surface area contributed by atoms with Gasteiger partial charge in [-0.15, -0.1) is 0 Å². The first kappa shape index (κ1) is 15.1. The van der Waals surface area contributed by atoms with E-state index in [4.69, 9.17) is 9.47 Å². The van der Waals surface area contributed by atoms with Crippen LogP contribution in [0, 0.1) is 5.82 Å². The fourth-order valence-corrected chi connectivity index (χ4v) is 3.08. The van der Waals surface area contributed by atoms with E-state index in [0.717, 1.165) is 36.9 Å². The maximum Gasteiger partial charge on any atom is 0.165 e. The molecule has 1 aromatic carbocycles. The standard InChI is InChI=1S/C16H24FNO2/c1-5-8-18-12-7-6-10(2)14-11(17)9-13(19-3)16(20-4)15(12)14/h9-10,12,18H,5-8H2,1-4H3. The Morgan fingerprint density at radius 3 is 2.60 bits per heavy atom. The minimum Gasteiger partial charge on any atom is -0.493 e. The minimum absolute atomic E-state index is 0.140. The molecule has 20 heavy (non-hydrogen) atoms. The maximum absolute atomic E-state index is 14.4. The zero-order chi connectivity index (χ0) is 14.7. The van der Waals surface area contributed by atoms with Crippen LogP contribution in [0.15, 0.2) is 6.07 Å². The predicted octanol–water partition coefficient (Wildman–Crippen LogP) is 3.78. The summed E-state index contributed by atoms with van der Waals surface area (Å²) in [6.45, 7) is 5.12. The Kier molecular flexibility index (Phi) is 4.86. The van der Waals surface area contributed by atoms with Crippen LogP contribution >= 0.6 is 0 Å². The van der Waals surface area contributed by atoms with Crippen molar-refractivity contribution < 1.29 is 13.9 Å². The molecule has 0 spiro atoms. The van der Waals surface area contributed by atoms with E-state index in [1.807, 2.05) is 0 Å². The minimum atomic E-state index is -0.187. The Morgan fingerprint density at radius 1 is 1.25 bits per heavy atom. The largest absolute Gasteiger partial charge is 0.493 e. The highest BCUT2D eigenvalue weighted by Gasteiger charge is 2.32. The van der Waals surface area contributed by atoms with Gasteiger partial charge in [0.1, 0.15) is 5.82 Å². The number of hydrogen-bond donors (Lipinski definition) is 1. The number of benzene rings is 1. The van der Waals surface area contributed by atoms with Crippen LogP contribution in [0.2, 0.25) is 0 Å². The average Bonchev–Trinajstić information content (AvgIpc) is 2.45. The third-order valence-corrected chi connectivity index (χ3v) is 4.07.